The Morgan fingerprint density at radius 1 is 1.27 bits per heavy atom. The Kier molecular flexibility index (Phi) is 4.05. The van der Waals surface area contributed by atoms with Crippen molar-refractivity contribution >= 4 is 10.1 Å². The smallest absolute Gasteiger partial charge is 0.294 e. The first-order chi connectivity index (χ1) is 7.04. The molecule has 0 spiro atoms. The van der Waals surface area contributed by atoms with E-state index in [4.69, 9.17) is 9.29 Å². The lowest BCUT2D eigenvalue weighted by atomic mass is 10.3. The molecule has 0 aliphatic rings. The Bertz CT molecular complexity index is 399. The van der Waals surface area contributed by atoms with Crippen LogP contribution in [0.15, 0.2) is 29.2 Å². The number of ether oxygens (including phenoxy) is 1. The molecule has 0 atom stereocenters. The molecule has 1 aromatic carbocycles. The van der Waals surface area contributed by atoms with Gasteiger partial charge in [0, 0.05) is 6.42 Å². The first-order valence-electron chi connectivity index (χ1n) is 4.30. The summed E-state index contributed by atoms with van der Waals surface area (Å²) < 4.78 is 46.8. The molecule has 0 aliphatic heterocycles. The maximum atomic E-state index is 11.7. The van der Waals surface area contributed by atoms with Gasteiger partial charge in [0.1, 0.15) is 5.75 Å². The van der Waals surface area contributed by atoms with Gasteiger partial charge in [-0.15, -0.1) is 0 Å². The lowest BCUT2D eigenvalue weighted by molar-refractivity contribution is 0.289. The third-order valence-corrected chi connectivity index (χ3v) is 2.54. The Hall–Kier alpha value is -1.14. The molecular formula is C9H11FO4S. The van der Waals surface area contributed by atoms with Crippen molar-refractivity contribution in [1.82, 2.24) is 0 Å². The molecule has 0 radical (unpaired) electrons. The van der Waals surface area contributed by atoms with E-state index in [1.54, 1.807) is 0 Å². The van der Waals surface area contributed by atoms with Crippen LogP contribution in [0.3, 0.4) is 0 Å². The van der Waals surface area contributed by atoms with Crippen molar-refractivity contribution < 1.29 is 22.1 Å². The number of hydrogen-bond donors (Lipinski definition) is 1. The number of hydrogen-bond acceptors (Lipinski definition) is 3. The summed E-state index contributed by atoms with van der Waals surface area (Å²) in [5, 5.41) is 0. The summed E-state index contributed by atoms with van der Waals surface area (Å²) in [6.07, 6.45) is 0.292. The molecule has 0 unspecified atom stereocenters. The monoisotopic (exact) mass is 234 g/mol. The number of halogens is 1. The van der Waals surface area contributed by atoms with E-state index in [2.05, 4.69) is 0 Å². The fourth-order valence-electron chi connectivity index (χ4n) is 0.952. The maximum absolute atomic E-state index is 11.7. The van der Waals surface area contributed by atoms with E-state index in [0.29, 0.717) is 12.2 Å². The van der Waals surface area contributed by atoms with Crippen molar-refractivity contribution in [2.45, 2.75) is 11.3 Å². The Balaban J connectivity index is 2.65. The highest BCUT2D eigenvalue weighted by molar-refractivity contribution is 7.85. The average molecular weight is 234 g/mol. The zero-order valence-corrected chi connectivity index (χ0v) is 8.71. The van der Waals surface area contributed by atoms with E-state index >= 15 is 0 Å². The maximum Gasteiger partial charge on any atom is 0.294 e. The van der Waals surface area contributed by atoms with Crippen LogP contribution in [0.25, 0.3) is 0 Å². The van der Waals surface area contributed by atoms with Gasteiger partial charge in [-0.3, -0.25) is 8.94 Å². The first kappa shape index (κ1) is 11.9. The zero-order chi connectivity index (χ0) is 11.3. The molecule has 6 heteroatoms. The molecular weight excluding hydrogens is 223 g/mol. The molecule has 0 bridgehead atoms. The molecule has 0 aromatic heterocycles. The summed E-state index contributed by atoms with van der Waals surface area (Å²) in [6, 6.07) is 5.25. The third kappa shape index (κ3) is 3.85. The highest BCUT2D eigenvalue weighted by atomic mass is 32.2. The predicted molar refractivity (Wildman–Crippen MR) is 52.3 cm³/mol. The van der Waals surface area contributed by atoms with Crippen LogP contribution in [0.4, 0.5) is 4.39 Å². The van der Waals surface area contributed by atoms with E-state index in [1.165, 1.54) is 24.3 Å². The summed E-state index contributed by atoms with van der Waals surface area (Å²) >= 11 is 0. The summed E-state index contributed by atoms with van der Waals surface area (Å²) in [5.41, 5.74) is 0. The van der Waals surface area contributed by atoms with E-state index < -0.39 is 16.8 Å². The second-order valence-corrected chi connectivity index (χ2v) is 4.26. The van der Waals surface area contributed by atoms with Gasteiger partial charge in [-0.1, -0.05) is 0 Å². The molecule has 0 amide bonds. The van der Waals surface area contributed by atoms with Gasteiger partial charge in [-0.25, -0.2) is 0 Å². The minimum absolute atomic E-state index is 0.194. The lowest BCUT2D eigenvalue weighted by Crippen LogP contribution is -2.00. The van der Waals surface area contributed by atoms with Crippen LogP contribution in [-0.4, -0.2) is 26.3 Å². The fraction of sp³-hybridized carbons (Fsp3) is 0.333. The number of benzene rings is 1. The van der Waals surface area contributed by atoms with Crippen LogP contribution in [0.2, 0.25) is 0 Å². The van der Waals surface area contributed by atoms with Crippen molar-refractivity contribution in [2.24, 2.45) is 0 Å². The lowest BCUT2D eigenvalue weighted by Gasteiger charge is -2.04. The number of rotatable bonds is 5. The minimum Gasteiger partial charge on any atom is -0.493 e. The third-order valence-electron chi connectivity index (χ3n) is 1.67. The van der Waals surface area contributed by atoms with Crippen LogP contribution in [-0.2, 0) is 10.1 Å². The summed E-state index contributed by atoms with van der Waals surface area (Å²) in [5.74, 6) is 0.441. The minimum atomic E-state index is -4.16. The summed E-state index contributed by atoms with van der Waals surface area (Å²) in [4.78, 5) is -0.194. The first-order valence-corrected chi connectivity index (χ1v) is 5.74. The predicted octanol–water partition coefficient (Wildman–Crippen LogP) is 1.67. The highest BCUT2D eigenvalue weighted by Gasteiger charge is 2.08. The van der Waals surface area contributed by atoms with Crippen molar-refractivity contribution in [3.05, 3.63) is 24.3 Å². The molecule has 1 aromatic rings. The zero-order valence-electron chi connectivity index (χ0n) is 7.89. The Morgan fingerprint density at radius 2 is 1.87 bits per heavy atom. The molecule has 1 N–H and O–H groups in total. The molecule has 0 fully saturated rings. The topological polar surface area (TPSA) is 63.6 Å². The van der Waals surface area contributed by atoms with Gasteiger partial charge in [0.2, 0.25) is 0 Å². The van der Waals surface area contributed by atoms with Gasteiger partial charge in [0.25, 0.3) is 10.1 Å². The molecule has 4 nitrogen and oxygen atoms in total. The van der Waals surface area contributed by atoms with E-state index in [9.17, 15) is 12.8 Å². The normalized spacial score (nSPS) is 11.3. The second kappa shape index (κ2) is 5.09. The molecule has 0 saturated carbocycles. The van der Waals surface area contributed by atoms with Crippen LogP contribution in [0, 0.1) is 0 Å². The SMILES string of the molecule is O=S(=O)(O)c1ccc(OCCCF)cc1. The van der Waals surface area contributed by atoms with Crippen LogP contribution in [0.5, 0.6) is 5.75 Å². The van der Waals surface area contributed by atoms with E-state index in [0.717, 1.165) is 0 Å². The highest BCUT2D eigenvalue weighted by Crippen LogP contribution is 2.15. The molecule has 0 saturated heterocycles. The Labute approximate surface area is 87.4 Å². The van der Waals surface area contributed by atoms with Crippen molar-refractivity contribution in [1.29, 1.82) is 0 Å². The summed E-state index contributed by atoms with van der Waals surface area (Å²) in [7, 11) is -4.16. The van der Waals surface area contributed by atoms with Gasteiger partial charge >= 0.3 is 0 Å². The van der Waals surface area contributed by atoms with Crippen LogP contribution in [0.1, 0.15) is 6.42 Å². The molecule has 15 heavy (non-hydrogen) atoms. The fourth-order valence-corrected chi connectivity index (χ4v) is 1.43. The van der Waals surface area contributed by atoms with Gasteiger partial charge in [-0.05, 0) is 24.3 Å². The van der Waals surface area contributed by atoms with Crippen molar-refractivity contribution in [3.8, 4) is 5.75 Å². The molecule has 1 rings (SSSR count). The average Bonchev–Trinajstić information content (AvgIpc) is 2.18. The van der Waals surface area contributed by atoms with Crippen molar-refractivity contribution in [2.75, 3.05) is 13.3 Å². The van der Waals surface area contributed by atoms with Gasteiger partial charge in [0.05, 0.1) is 18.2 Å². The second-order valence-electron chi connectivity index (χ2n) is 2.84. The number of alkyl halides is 1. The largest absolute Gasteiger partial charge is 0.493 e. The van der Waals surface area contributed by atoms with Gasteiger partial charge < -0.3 is 4.74 Å². The van der Waals surface area contributed by atoms with Crippen LogP contribution < -0.4 is 4.74 Å². The molecule has 0 aliphatic carbocycles. The van der Waals surface area contributed by atoms with Gasteiger partial charge in [0.15, 0.2) is 0 Å². The Morgan fingerprint density at radius 3 is 2.33 bits per heavy atom. The van der Waals surface area contributed by atoms with E-state index in [-0.39, 0.29) is 11.5 Å². The van der Waals surface area contributed by atoms with E-state index in [1.807, 2.05) is 0 Å². The standard InChI is InChI=1S/C9H11FO4S/c10-6-1-7-14-8-2-4-9(5-3-8)15(11,12)13/h2-5H,1,6-7H2,(H,11,12,13). The quantitative estimate of drug-likeness (QED) is 0.621. The van der Waals surface area contributed by atoms with Gasteiger partial charge in [-0.2, -0.15) is 8.42 Å². The summed E-state index contributed by atoms with van der Waals surface area (Å²) in [6.45, 7) is -0.217. The molecule has 0 heterocycles. The van der Waals surface area contributed by atoms with Crippen LogP contribution >= 0.6 is 0 Å². The molecule has 84 valence electrons. The van der Waals surface area contributed by atoms with Crippen molar-refractivity contribution in [3.63, 3.8) is 0 Å².